The summed E-state index contributed by atoms with van der Waals surface area (Å²) >= 11 is 0. The van der Waals surface area contributed by atoms with Gasteiger partial charge in [0.2, 0.25) is 0 Å². The van der Waals surface area contributed by atoms with Crippen molar-refractivity contribution in [2.24, 2.45) is 0 Å². The number of anilines is 2. The van der Waals surface area contributed by atoms with Gasteiger partial charge >= 0.3 is 0 Å². The smallest absolute Gasteiger partial charge is 0.151 e. The zero-order chi connectivity index (χ0) is 11.1. The molecule has 3 rings (SSSR count). The van der Waals surface area contributed by atoms with Gasteiger partial charge in [-0.3, -0.25) is 0 Å². The van der Waals surface area contributed by atoms with Crippen molar-refractivity contribution >= 4 is 11.4 Å². The molecule has 0 unspecified atom stereocenters. The third kappa shape index (κ3) is 1.92. The van der Waals surface area contributed by atoms with E-state index in [0.29, 0.717) is 22.9 Å². The molecule has 0 bridgehead atoms. The van der Waals surface area contributed by atoms with Crippen molar-refractivity contribution in [2.45, 2.75) is 0 Å². The Labute approximate surface area is 96.0 Å². The Bertz CT molecular complexity index is 523. The normalized spacial score (nSPS) is 11.4. The van der Waals surface area contributed by atoms with Crippen LogP contribution in [0.4, 0.5) is 20.2 Å². The lowest BCUT2D eigenvalue weighted by atomic mass is 10.2. The molecule has 1 aliphatic rings. The van der Waals surface area contributed by atoms with Crippen molar-refractivity contribution in [3.63, 3.8) is 0 Å². The van der Waals surface area contributed by atoms with E-state index in [2.05, 4.69) is 5.32 Å². The predicted octanol–water partition coefficient (Wildman–Crippen LogP) is 2.99. The predicted molar refractivity (Wildman–Crippen MR) is 59.8 cm³/mol. The molecule has 1 aliphatic heterocycles. The Morgan fingerprint density at radius 1 is 0.824 bits per heavy atom. The molecule has 1 heterocycles. The average molecular weight is 237 g/mol. The van der Waals surface area contributed by atoms with Gasteiger partial charge in [0.05, 0.1) is 11.4 Å². The molecule has 2 aromatic carbocycles. The maximum absolute atomic E-state index is 13.0. The third-order valence-electron chi connectivity index (χ3n) is 2.37. The maximum atomic E-state index is 13.0. The summed E-state index contributed by atoms with van der Waals surface area (Å²) in [6.45, 7) is 0. The number of fused-ring (bicyclic) bond motifs is 2. The molecule has 0 amide bonds. The zero-order valence-electron chi connectivity index (χ0n) is 8.63. The Kier molecular flexibility index (Phi) is 2.69. The van der Waals surface area contributed by atoms with Crippen LogP contribution < -0.4 is 10.1 Å². The van der Waals surface area contributed by atoms with Gasteiger partial charge in [-0.05, 0) is 24.3 Å². The molecular weight excluding hydrogens is 228 g/mol. The molecule has 5 heteroatoms. The summed E-state index contributed by atoms with van der Waals surface area (Å²) in [4.78, 5) is 0. The number of halogens is 2. The second-order valence-corrected chi connectivity index (χ2v) is 3.51. The third-order valence-corrected chi connectivity index (χ3v) is 2.37. The zero-order valence-corrected chi connectivity index (χ0v) is 8.63. The van der Waals surface area contributed by atoms with E-state index in [-0.39, 0.29) is 17.1 Å². The van der Waals surface area contributed by atoms with Crippen LogP contribution in [0.3, 0.4) is 0 Å². The largest absolute Gasteiger partial charge is 0.453 e. The summed E-state index contributed by atoms with van der Waals surface area (Å²) in [5.74, 6) is 0.324. The molecular formula is C12H9F2NO2. The van der Waals surface area contributed by atoms with Gasteiger partial charge in [-0.15, -0.1) is 0 Å². The molecule has 3 nitrogen and oxygen atoms in total. The quantitative estimate of drug-likeness (QED) is 0.653. The molecule has 0 aromatic heterocycles. The lowest BCUT2D eigenvalue weighted by Crippen LogP contribution is -2.03. The maximum Gasteiger partial charge on any atom is 0.151 e. The summed E-state index contributed by atoms with van der Waals surface area (Å²) in [5.41, 5.74) is 0.996. The topological polar surface area (TPSA) is 52.8 Å². The van der Waals surface area contributed by atoms with E-state index in [1.54, 1.807) is 0 Å². The second kappa shape index (κ2) is 4.03. The van der Waals surface area contributed by atoms with Crippen molar-refractivity contribution < 1.29 is 19.0 Å². The van der Waals surface area contributed by atoms with E-state index in [1.165, 1.54) is 36.4 Å². The Hall–Kier alpha value is -2.14. The molecule has 0 aliphatic carbocycles. The highest BCUT2D eigenvalue weighted by Crippen LogP contribution is 2.41. The molecule has 2 aromatic rings. The van der Waals surface area contributed by atoms with Crippen LogP contribution in [0.25, 0.3) is 0 Å². The highest BCUT2D eigenvalue weighted by atomic mass is 19.1. The summed E-state index contributed by atoms with van der Waals surface area (Å²) < 4.78 is 31.5. The van der Waals surface area contributed by atoms with Crippen LogP contribution in [0, 0.1) is 11.6 Å². The number of hydrogen-bond donors (Lipinski definition) is 1. The van der Waals surface area contributed by atoms with Gasteiger partial charge in [0, 0.05) is 12.1 Å². The van der Waals surface area contributed by atoms with Crippen molar-refractivity contribution in [1.29, 1.82) is 0 Å². The molecule has 0 fully saturated rings. The van der Waals surface area contributed by atoms with Gasteiger partial charge in [-0.1, -0.05) is 0 Å². The summed E-state index contributed by atoms with van der Waals surface area (Å²) in [7, 11) is 0. The van der Waals surface area contributed by atoms with Crippen molar-refractivity contribution in [2.75, 3.05) is 5.32 Å². The monoisotopic (exact) mass is 237 g/mol. The Balaban J connectivity index is 0.00000108. The van der Waals surface area contributed by atoms with Crippen LogP contribution in [-0.2, 0) is 0 Å². The van der Waals surface area contributed by atoms with E-state index in [1.807, 2.05) is 0 Å². The van der Waals surface area contributed by atoms with E-state index in [9.17, 15) is 8.78 Å². The van der Waals surface area contributed by atoms with Crippen LogP contribution in [0.2, 0.25) is 0 Å². The molecule has 0 atom stereocenters. The number of rotatable bonds is 0. The number of benzene rings is 2. The van der Waals surface area contributed by atoms with E-state index >= 15 is 0 Å². The first kappa shape index (κ1) is 11.3. The van der Waals surface area contributed by atoms with Gasteiger partial charge in [-0.25, -0.2) is 8.78 Å². The molecule has 88 valence electrons. The van der Waals surface area contributed by atoms with Gasteiger partial charge in [0.1, 0.15) is 11.6 Å². The lowest BCUT2D eigenvalue weighted by Gasteiger charge is -2.21. The molecule has 17 heavy (non-hydrogen) atoms. The molecule has 0 spiro atoms. The van der Waals surface area contributed by atoms with Crippen LogP contribution in [0.5, 0.6) is 11.5 Å². The molecule has 3 N–H and O–H groups in total. The standard InChI is InChI=1S/C12H7F2NO.H2O/c13-7-1-3-11-9(5-7)15-10-6-8(14)2-4-12(10)16-11;/h1-6,15H;1H2. The van der Waals surface area contributed by atoms with Crippen molar-refractivity contribution in [3.05, 3.63) is 48.0 Å². The number of ether oxygens (including phenoxy) is 1. The van der Waals surface area contributed by atoms with E-state index in [4.69, 9.17) is 4.74 Å². The first-order valence-corrected chi connectivity index (χ1v) is 4.76. The summed E-state index contributed by atoms with van der Waals surface area (Å²) in [6.07, 6.45) is 0. The highest BCUT2D eigenvalue weighted by molar-refractivity contribution is 5.75. The Morgan fingerprint density at radius 3 is 1.76 bits per heavy atom. The highest BCUT2D eigenvalue weighted by Gasteiger charge is 2.17. The van der Waals surface area contributed by atoms with Crippen LogP contribution >= 0.6 is 0 Å². The SMILES string of the molecule is Fc1ccc2c(c1)Nc1cc(F)ccc1O2.O. The van der Waals surface area contributed by atoms with Gasteiger partial charge in [0.15, 0.2) is 11.5 Å². The minimum absolute atomic E-state index is 0. The number of hydrogen-bond acceptors (Lipinski definition) is 2. The fourth-order valence-corrected chi connectivity index (χ4v) is 1.64. The fourth-order valence-electron chi connectivity index (χ4n) is 1.64. The van der Waals surface area contributed by atoms with Gasteiger partial charge in [0.25, 0.3) is 0 Å². The lowest BCUT2D eigenvalue weighted by molar-refractivity contribution is 0.477. The summed E-state index contributed by atoms with van der Waals surface area (Å²) in [6, 6.07) is 8.31. The first-order chi connectivity index (χ1) is 7.72. The van der Waals surface area contributed by atoms with E-state index < -0.39 is 0 Å². The van der Waals surface area contributed by atoms with Gasteiger partial charge in [-0.2, -0.15) is 0 Å². The minimum Gasteiger partial charge on any atom is -0.453 e. The van der Waals surface area contributed by atoms with Crippen LogP contribution in [-0.4, -0.2) is 5.48 Å². The molecule has 0 saturated carbocycles. The van der Waals surface area contributed by atoms with Crippen molar-refractivity contribution in [3.8, 4) is 11.5 Å². The fraction of sp³-hybridized carbons (Fsp3) is 0. The van der Waals surface area contributed by atoms with Gasteiger partial charge < -0.3 is 15.5 Å². The van der Waals surface area contributed by atoms with Crippen LogP contribution in [0.15, 0.2) is 36.4 Å². The molecule has 0 saturated heterocycles. The van der Waals surface area contributed by atoms with Crippen molar-refractivity contribution in [1.82, 2.24) is 0 Å². The summed E-state index contributed by atoms with van der Waals surface area (Å²) in [5, 5.41) is 2.92. The minimum atomic E-state index is -0.366. The number of nitrogens with one attached hydrogen (secondary N) is 1. The molecule has 0 radical (unpaired) electrons. The van der Waals surface area contributed by atoms with Crippen LogP contribution in [0.1, 0.15) is 0 Å². The average Bonchev–Trinajstić information content (AvgIpc) is 2.26. The first-order valence-electron chi connectivity index (χ1n) is 4.76. The second-order valence-electron chi connectivity index (χ2n) is 3.51. The van der Waals surface area contributed by atoms with E-state index in [0.717, 1.165) is 0 Å². The Morgan fingerprint density at radius 2 is 1.29 bits per heavy atom.